The van der Waals surface area contributed by atoms with Crippen LogP contribution in [0, 0.1) is 12.8 Å². The first-order valence-electron chi connectivity index (χ1n) is 6.48. The minimum Gasteiger partial charge on any atom is -0.481 e. The summed E-state index contributed by atoms with van der Waals surface area (Å²) in [5.74, 6) is 1.90. The number of nitrogens with two attached hydrogens (primary N) is 1. The Hall–Kier alpha value is -1.36. The lowest BCUT2D eigenvalue weighted by Gasteiger charge is -2.29. The molecule has 0 aliphatic heterocycles. The molecule has 1 saturated carbocycles. The second-order valence-corrected chi connectivity index (χ2v) is 4.96. The van der Waals surface area contributed by atoms with E-state index in [9.17, 15) is 0 Å². The smallest absolute Gasteiger partial charge is 0.228 e. The number of nitrogens with zero attached hydrogens (tertiary/aromatic N) is 3. The largest absolute Gasteiger partial charge is 0.481 e. The highest BCUT2D eigenvalue weighted by molar-refractivity contribution is 5.35. The monoisotopic (exact) mass is 250 g/mol. The molecule has 18 heavy (non-hydrogen) atoms. The highest BCUT2D eigenvalue weighted by atomic mass is 16.5. The van der Waals surface area contributed by atoms with E-state index in [-0.39, 0.29) is 0 Å². The molecule has 1 aromatic rings. The van der Waals surface area contributed by atoms with E-state index in [1.54, 1.807) is 7.11 Å². The first kappa shape index (κ1) is 13.1. The third kappa shape index (κ3) is 2.56. The average molecular weight is 250 g/mol. The van der Waals surface area contributed by atoms with E-state index in [2.05, 4.69) is 14.9 Å². The van der Waals surface area contributed by atoms with Gasteiger partial charge in [0.15, 0.2) is 0 Å². The van der Waals surface area contributed by atoms with Crippen LogP contribution in [-0.4, -0.2) is 36.7 Å². The van der Waals surface area contributed by atoms with Crippen molar-refractivity contribution < 1.29 is 4.74 Å². The van der Waals surface area contributed by atoms with Gasteiger partial charge in [-0.15, -0.1) is 0 Å². The van der Waals surface area contributed by atoms with Gasteiger partial charge in [-0.25, -0.2) is 4.98 Å². The van der Waals surface area contributed by atoms with Crippen LogP contribution >= 0.6 is 0 Å². The Balaban J connectivity index is 2.22. The molecule has 100 valence electrons. The predicted octanol–water partition coefficient (Wildman–Crippen LogP) is 1.36. The van der Waals surface area contributed by atoms with E-state index in [0.29, 0.717) is 17.8 Å². The van der Waals surface area contributed by atoms with E-state index in [0.717, 1.165) is 24.6 Å². The van der Waals surface area contributed by atoms with Gasteiger partial charge in [-0.3, -0.25) is 0 Å². The molecular formula is C13H22N4O. The van der Waals surface area contributed by atoms with Crippen LogP contribution in [0.5, 0.6) is 5.88 Å². The number of aromatic nitrogens is 2. The second kappa shape index (κ2) is 5.52. The highest BCUT2D eigenvalue weighted by Gasteiger charge is 2.30. The molecule has 0 spiro atoms. The lowest BCUT2D eigenvalue weighted by molar-refractivity contribution is 0.394. The maximum Gasteiger partial charge on any atom is 0.228 e. The van der Waals surface area contributed by atoms with Crippen molar-refractivity contribution in [2.75, 3.05) is 25.6 Å². The Morgan fingerprint density at radius 2 is 2.22 bits per heavy atom. The molecule has 5 heteroatoms. The molecule has 2 atom stereocenters. The van der Waals surface area contributed by atoms with Crippen molar-refractivity contribution in [3.63, 3.8) is 0 Å². The van der Waals surface area contributed by atoms with Crippen molar-refractivity contribution in [2.45, 2.75) is 32.2 Å². The van der Waals surface area contributed by atoms with Crippen LogP contribution in [-0.2, 0) is 0 Å². The molecule has 0 saturated heterocycles. The summed E-state index contributed by atoms with van der Waals surface area (Å²) in [4.78, 5) is 11.1. The number of rotatable bonds is 4. The zero-order valence-electron chi connectivity index (χ0n) is 11.4. The van der Waals surface area contributed by atoms with Crippen LogP contribution in [0.2, 0.25) is 0 Å². The number of aryl methyl sites for hydroxylation is 1. The molecule has 0 bridgehead atoms. The SMILES string of the molecule is COc1cc(C)nc(N(C)C2CCCC2CN)n1. The minimum atomic E-state index is 0.446. The maximum atomic E-state index is 5.83. The molecule has 2 N–H and O–H groups in total. The minimum absolute atomic E-state index is 0.446. The lowest BCUT2D eigenvalue weighted by Crippen LogP contribution is -2.38. The molecule has 0 radical (unpaired) electrons. The van der Waals surface area contributed by atoms with Gasteiger partial charge in [0, 0.05) is 24.8 Å². The zero-order valence-corrected chi connectivity index (χ0v) is 11.4. The number of anilines is 1. The first-order valence-corrected chi connectivity index (χ1v) is 6.48. The van der Waals surface area contributed by atoms with Crippen molar-refractivity contribution in [3.8, 4) is 5.88 Å². The van der Waals surface area contributed by atoms with Crippen LogP contribution < -0.4 is 15.4 Å². The van der Waals surface area contributed by atoms with Crippen LogP contribution in [0.25, 0.3) is 0 Å². The Morgan fingerprint density at radius 1 is 1.44 bits per heavy atom. The average Bonchev–Trinajstić information content (AvgIpc) is 2.85. The van der Waals surface area contributed by atoms with Gasteiger partial charge in [-0.05, 0) is 32.2 Å². The highest BCUT2D eigenvalue weighted by Crippen LogP contribution is 2.30. The first-order chi connectivity index (χ1) is 8.65. The Kier molecular flexibility index (Phi) is 4.01. The van der Waals surface area contributed by atoms with Crippen molar-refractivity contribution in [1.29, 1.82) is 0 Å². The molecule has 1 aliphatic rings. The summed E-state index contributed by atoms with van der Waals surface area (Å²) in [5.41, 5.74) is 6.76. The molecule has 2 rings (SSSR count). The molecule has 5 nitrogen and oxygen atoms in total. The Labute approximate surface area is 108 Å². The number of methoxy groups -OCH3 is 1. The topological polar surface area (TPSA) is 64.3 Å². The van der Waals surface area contributed by atoms with E-state index in [4.69, 9.17) is 10.5 Å². The van der Waals surface area contributed by atoms with Crippen LogP contribution in [0.1, 0.15) is 25.0 Å². The molecule has 2 unspecified atom stereocenters. The Bertz CT molecular complexity index is 410. The third-order valence-electron chi connectivity index (χ3n) is 3.76. The van der Waals surface area contributed by atoms with Gasteiger partial charge in [0.25, 0.3) is 0 Å². The molecule has 1 aromatic heterocycles. The van der Waals surface area contributed by atoms with E-state index in [1.165, 1.54) is 12.8 Å². The molecule has 0 amide bonds. The second-order valence-electron chi connectivity index (χ2n) is 4.96. The summed E-state index contributed by atoms with van der Waals surface area (Å²) in [6.45, 7) is 2.69. The van der Waals surface area contributed by atoms with Crippen LogP contribution in [0.15, 0.2) is 6.07 Å². The Morgan fingerprint density at radius 3 is 2.89 bits per heavy atom. The molecule has 1 aliphatic carbocycles. The third-order valence-corrected chi connectivity index (χ3v) is 3.76. The maximum absolute atomic E-state index is 5.83. The summed E-state index contributed by atoms with van der Waals surface area (Å²) >= 11 is 0. The summed E-state index contributed by atoms with van der Waals surface area (Å²) < 4.78 is 5.20. The lowest BCUT2D eigenvalue weighted by atomic mass is 10.0. The predicted molar refractivity (Wildman–Crippen MR) is 71.9 cm³/mol. The van der Waals surface area contributed by atoms with Gasteiger partial charge in [-0.2, -0.15) is 4.98 Å². The fraction of sp³-hybridized carbons (Fsp3) is 0.692. The zero-order chi connectivity index (χ0) is 13.1. The number of ether oxygens (including phenoxy) is 1. The molecular weight excluding hydrogens is 228 g/mol. The summed E-state index contributed by atoms with van der Waals surface area (Å²) in [5, 5.41) is 0. The van der Waals surface area contributed by atoms with Gasteiger partial charge in [-0.1, -0.05) is 6.42 Å². The fourth-order valence-electron chi connectivity index (χ4n) is 2.74. The summed E-state index contributed by atoms with van der Waals surface area (Å²) in [6.07, 6.45) is 3.60. The normalized spacial score (nSPS) is 23.1. The van der Waals surface area contributed by atoms with E-state index < -0.39 is 0 Å². The van der Waals surface area contributed by atoms with Gasteiger partial charge in [0.05, 0.1) is 7.11 Å². The van der Waals surface area contributed by atoms with Gasteiger partial charge in [0.2, 0.25) is 11.8 Å². The van der Waals surface area contributed by atoms with Crippen molar-refractivity contribution >= 4 is 5.95 Å². The van der Waals surface area contributed by atoms with Gasteiger partial charge in [0.1, 0.15) is 0 Å². The quantitative estimate of drug-likeness (QED) is 0.874. The molecule has 1 fully saturated rings. The van der Waals surface area contributed by atoms with Crippen LogP contribution in [0.3, 0.4) is 0 Å². The number of hydrogen-bond acceptors (Lipinski definition) is 5. The van der Waals surface area contributed by atoms with E-state index in [1.807, 2.05) is 20.0 Å². The molecule has 0 aromatic carbocycles. The summed E-state index contributed by atoms with van der Waals surface area (Å²) in [7, 11) is 3.68. The van der Waals surface area contributed by atoms with Crippen LogP contribution in [0.4, 0.5) is 5.95 Å². The fourth-order valence-corrected chi connectivity index (χ4v) is 2.74. The standard InChI is InChI=1S/C13H22N4O/c1-9-7-12(18-3)16-13(15-9)17(2)11-6-4-5-10(11)8-14/h7,10-11H,4-6,8,14H2,1-3H3. The van der Waals surface area contributed by atoms with Crippen molar-refractivity contribution in [3.05, 3.63) is 11.8 Å². The van der Waals surface area contributed by atoms with Gasteiger partial charge < -0.3 is 15.4 Å². The van der Waals surface area contributed by atoms with Crippen molar-refractivity contribution in [1.82, 2.24) is 9.97 Å². The van der Waals surface area contributed by atoms with E-state index >= 15 is 0 Å². The summed E-state index contributed by atoms with van der Waals surface area (Å²) in [6, 6.07) is 2.29. The number of hydrogen-bond donors (Lipinski definition) is 1. The molecule has 1 heterocycles. The van der Waals surface area contributed by atoms with Crippen molar-refractivity contribution in [2.24, 2.45) is 11.7 Å². The van der Waals surface area contributed by atoms with Gasteiger partial charge >= 0.3 is 0 Å².